The summed E-state index contributed by atoms with van der Waals surface area (Å²) in [6, 6.07) is 0.308. The highest BCUT2D eigenvalue weighted by atomic mass is 16.5. The van der Waals surface area contributed by atoms with Gasteiger partial charge in [0.15, 0.2) is 0 Å². The number of ether oxygens (including phenoxy) is 1. The van der Waals surface area contributed by atoms with Crippen molar-refractivity contribution >= 4 is 5.91 Å². The number of rotatable bonds is 2. The fraction of sp³-hybridized carbons (Fsp3) is 0.917. The Morgan fingerprint density at radius 1 is 1.56 bits per heavy atom. The molecule has 2 rings (SSSR count). The third-order valence-electron chi connectivity index (χ3n) is 3.78. The Balaban J connectivity index is 2.01. The third kappa shape index (κ3) is 2.23. The molecule has 0 aliphatic carbocycles. The van der Waals surface area contributed by atoms with Crippen LogP contribution in [0.5, 0.6) is 0 Å². The van der Waals surface area contributed by atoms with E-state index in [0.29, 0.717) is 19.1 Å². The van der Waals surface area contributed by atoms with E-state index in [1.54, 1.807) is 0 Å². The molecule has 0 spiro atoms. The summed E-state index contributed by atoms with van der Waals surface area (Å²) < 4.78 is 5.43. The number of nitrogens with zero attached hydrogens (tertiary/aromatic N) is 1. The summed E-state index contributed by atoms with van der Waals surface area (Å²) in [7, 11) is 0. The molecule has 92 valence electrons. The van der Waals surface area contributed by atoms with Gasteiger partial charge in [0.05, 0.1) is 25.3 Å². The van der Waals surface area contributed by atoms with Crippen molar-refractivity contribution in [3.8, 4) is 0 Å². The average Bonchev–Trinajstić information content (AvgIpc) is 2.74. The van der Waals surface area contributed by atoms with Gasteiger partial charge in [0.25, 0.3) is 0 Å². The largest absolute Gasteiger partial charge is 0.377 e. The lowest BCUT2D eigenvalue weighted by Gasteiger charge is -2.37. The quantitative estimate of drug-likeness (QED) is 0.750. The molecule has 0 aromatic heterocycles. The van der Waals surface area contributed by atoms with Crippen LogP contribution in [-0.2, 0) is 9.53 Å². The smallest absolute Gasteiger partial charge is 0.240 e. The van der Waals surface area contributed by atoms with Gasteiger partial charge in [-0.15, -0.1) is 0 Å². The number of nitrogens with one attached hydrogen (secondary N) is 1. The van der Waals surface area contributed by atoms with E-state index in [0.717, 1.165) is 25.9 Å². The van der Waals surface area contributed by atoms with Gasteiger partial charge in [-0.25, -0.2) is 0 Å². The highest BCUT2D eigenvalue weighted by Crippen LogP contribution is 2.19. The van der Waals surface area contributed by atoms with Crippen LogP contribution in [0.15, 0.2) is 0 Å². The zero-order chi connectivity index (χ0) is 11.5. The zero-order valence-electron chi connectivity index (χ0n) is 10.2. The summed E-state index contributed by atoms with van der Waals surface area (Å²) in [5, 5.41) is 3.32. The van der Waals surface area contributed by atoms with Gasteiger partial charge in [0, 0.05) is 6.54 Å². The number of hydrogen-bond donors (Lipinski definition) is 1. The van der Waals surface area contributed by atoms with Crippen molar-refractivity contribution in [3.05, 3.63) is 0 Å². The van der Waals surface area contributed by atoms with E-state index in [4.69, 9.17) is 4.74 Å². The SMILES string of the molecule is CCC1COCCN1C(=O)C1NCCC1C. The van der Waals surface area contributed by atoms with E-state index in [-0.39, 0.29) is 18.0 Å². The highest BCUT2D eigenvalue weighted by Gasteiger charge is 2.35. The molecular weight excluding hydrogens is 204 g/mol. The number of hydrogen-bond acceptors (Lipinski definition) is 3. The standard InChI is InChI=1S/C12H22N2O2/c1-3-10-8-16-7-6-14(10)12(15)11-9(2)4-5-13-11/h9-11,13H,3-8H2,1-2H3. The highest BCUT2D eigenvalue weighted by molar-refractivity contribution is 5.83. The lowest BCUT2D eigenvalue weighted by molar-refractivity contribution is -0.142. The van der Waals surface area contributed by atoms with Gasteiger partial charge >= 0.3 is 0 Å². The van der Waals surface area contributed by atoms with Gasteiger partial charge in [-0.3, -0.25) is 4.79 Å². The predicted octanol–water partition coefficient (Wildman–Crippen LogP) is 0.622. The van der Waals surface area contributed by atoms with Crippen LogP contribution >= 0.6 is 0 Å². The van der Waals surface area contributed by atoms with Crippen molar-refractivity contribution in [3.63, 3.8) is 0 Å². The maximum atomic E-state index is 12.4. The molecule has 3 atom stereocenters. The summed E-state index contributed by atoms with van der Waals surface area (Å²) in [5.41, 5.74) is 0. The molecule has 0 radical (unpaired) electrons. The summed E-state index contributed by atoms with van der Waals surface area (Å²) >= 11 is 0. The molecule has 2 saturated heterocycles. The van der Waals surface area contributed by atoms with E-state index in [9.17, 15) is 4.79 Å². The maximum absolute atomic E-state index is 12.4. The molecule has 2 aliphatic rings. The zero-order valence-corrected chi connectivity index (χ0v) is 10.2. The fourth-order valence-corrected chi connectivity index (χ4v) is 2.63. The van der Waals surface area contributed by atoms with Gasteiger partial charge < -0.3 is 15.0 Å². The molecule has 16 heavy (non-hydrogen) atoms. The first-order chi connectivity index (χ1) is 7.74. The first-order valence-corrected chi connectivity index (χ1v) is 6.35. The van der Waals surface area contributed by atoms with Crippen molar-refractivity contribution in [2.75, 3.05) is 26.3 Å². The van der Waals surface area contributed by atoms with E-state index in [2.05, 4.69) is 19.2 Å². The molecule has 2 heterocycles. The molecule has 4 nitrogen and oxygen atoms in total. The van der Waals surface area contributed by atoms with Crippen LogP contribution in [-0.4, -0.2) is 49.2 Å². The van der Waals surface area contributed by atoms with Crippen LogP contribution in [0, 0.1) is 5.92 Å². The van der Waals surface area contributed by atoms with Crippen molar-refractivity contribution in [2.24, 2.45) is 5.92 Å². The molecule has 1 N–H and O–H groups in total. The molecular formula is C12H22N2O2. The first-order valence-electron chi connectivity index (χ1n) is 6.35. The lowest BCUT2D eigenvalue weighted by Crippen LogP contribution is -2.54. The molecule has 3 unspecified atom stereocenters. The third-order valence-corrected chi connectivity index (χ3v) is 3.78. The molecule has 2 fully saturated rings. The van der Waals surface area contributed by atoms with Gasteiger partial charge in [0.1, 0.15) is 0 Å². The topological polar surface area (TPSA) is 41.6 Å². The van der Waals surface area contributed by atoms with Crippen LogP contribution in [0.1, 0.15) is 26.7 Å². The van der Waals surface area contributed by atoms with Crippen molar-refractivity contribution in [2.45, 2.75) is 38.8 Å². The van der Waals surface area contributed by atoms with Gasteiger partial charge in [-0.2, -0.15) is 0 Å². The van der Waals surface area contributed by atoms with Crippen molar-refractivity contribution in [1.82, 2.24) is 10.2 Å². The van der Waals surface area contributed by atoms with Crippen molar-refractivity contribution < 1.29 is 9.53 Å². The minimum Gasteiger partial charge on any atom is -0.377 e. The number of amides is 1. The minimum atomic E-state index is 0.0344. The van der Waals surface area contributed by atoms with Gasteiger partial charge in [-0.05, 0) is 25.3 Å². The van der Waals surface area contributed by atoms with E-state index in [1.165, 1.54) is 0 Å². The second-order valence-electron chi connectivity index (χ2n) is 4.87. The van der Waals surface area contributed by atoms with E-state index in [1.807, 2.05) is 4.90 Å². The van der Waals surface area contributed by atoms with Crippen LogP contribution in [0.3, 0.4) is 0 Å². The summed E-state index contributed by atoms with van der Waals surface area (Å²) in [6.07, 6.45) is 2.09. The first kappa shape index (κ1) is 11.9. The Bertz CT molecular complexity index is 257. The summed E-state index contributed by atoms with van der Waals surface area (Å²) in [4.78, 5) is 14.4. The van der Waals surface area contributed by atoms with Gasteiger partial charge in [-0.1, -0.05) is 13.8 Å². The van der Waals surface area contributed by atoms with Crippen LogP contribution in [0.25, 0.3) is 0 Å². The normalized spacial score (nSPS) is 35.4. The summed E-state index contributed by atoms with van der Waals surface area (Å²) in [5.74, 6) is 0.744. The molecule has 0 bridgehead atoms. The second-order valence-corrected chi connectivity index (χ2v) is 4.87. The molecule has 0 aromatic carbocycles. The Labute approximate surface area is 97.3 Å². The van der Waals surface area contributed by atoms with Crippen molar-refractivity contribution in [1.29, 1.82) is 0 Å². The Kier molecular flexibility index (Phi) is 3.82. The van der Waals surface area contributed by atoms with Crippen LogP contribution in [0.2, 0.25) is 0 Å². The molecule has 1 amide bonds. The molecule has 0 saturated carbocycles. The molecule has 4 heteroatoms. The summed E-state index contributed by atoms with van der Waals surface area (Å²) in [6.45, 7) is 7.38. The Hall–Kier alpha value is -0.610. The number of morpholine rings is 1. The fourth-order valence-electron chi connectivity index (χ4n) is 2.63. The van der Waals surface area contributed by atoms with Crippen LogP contribution in [0.4, 0.5) is 0 Å². The number of carbonyl (C=O) groups excluding carboxylic acids is 1. The average molecular weight is 226 g/mol. The lowest BCUT2D eigenvalue weighted by atomic mass is 10.0. The van der Waals surface area contributed by atoms with Crippen LogP contribution < -0.4 is 5.32 Å². The monoisotopic (exact) mass is 226 g/mol. The van der Waals surface area contributed by atoms with Gasteiger partial charge in [0.2, 0.25) is 5.91 Å². The molecule has 2 aliphatic heterocycles. The Morgan fingerprint density at radius 3 is 3.00 bits per heavy atom. The predicted molar refractivity (Wildman–Crippen MR) is 62.2 cm³/mol. The molecule has 0 aromatic rings. The number of carbonyl (C=O) groups is 1. The minimum absolute atomic E-state index is 0.0344. The van der Waals surface area contributed by atoms with E-state index < -0.39 is 0 Å². The second kappa shape index (κ2) is 5.15. The van der Waals surface area contributed by atoms with E-state index >= 15 is 0 Å². The maximum Gasteiger partial charge on any atom is 0.240 e. The Morgan fingerprint density at radius 2 is 2.38 bits per heavy atom.